The van der Waals surface area contributed by atoms with Gasteiger partial charge in [0.15, 0.2) is 0 Å². The molecule has 8 heteroatoms. The van der Waals surface area contributed by atoms with Crippen molar-refractivity contribution in [1.29, 1.82) is 0 Å². The van der Waals surface area contributed by atoms with Gasteiger partial charge in [0.1, 0.15) is 5.76 Å². The molecule has 1 heterocycles. The molecule has 0 fully saturated rings. The Balaban J connectivity index is 3.00. The first kappa shape index (κ1) is 14.2. The summed E-state index contributed by atoms with van der Waals surface area (Å²) < 4.78 is 62.1. The standard InChI is InChI=1S/C10H8F5NO2/c1-16-3-2-6(5-16)7(17)4-8(18)9(11,12)10(13,14)15/h2-5,17H,1H3. The van der Waals surface area contributed by atoms with Crippen LogP contribution in [0.15, 0.2) is 24.5 Å². The van der Waals surface area contributed by atoms with Gasteiger partial charge in [0, 0.05) is 31.1 Å². The average Bonchev–Trinajstić information content (AvgIpc) is 2.62. The highest BCUT2D eigenvalue weighted by atomic mass is 19.4. The van der Waals surface area contributed by atoms with Crippen molar-refractivity contribution in [3.05, 3.63) is 30.1 Å². The van der Waals surface area contributed by atoms with Crippen LogP contribution in [0.3, 0.4) is 0 Å². The van der Waals surface area contributed by atoms with Crippen LogP contribution in [0, 0.1) is 0 Å². The van der Waals surface area contributed by atoms with Crippen LogP contribution in [0.4, 0.5) is 22.0 Å². The molecular formula is C10H8F5NO2. The van der Waals surface area contributed by atoms with Crippen molar-refractivity contribution in [2.75, 3.05) is 0 Å². The fourth-order valence-corrected chi connectivity index (χ4v) is 1.09. The molecule has 100 valence electrons. The van der Waals surface area contributed by atoms with Gasteiger partial charge in [-0.2, -0.15) is 22.0 Å². The van der Waals surface area contributed by atoms with Gasteiger partial charge in [0.25, 0.3) is 0 Å². The number of aromatic nitrogens is 1. The van der Waals surface area contributed by atoms with Gasteiger partial charge < -0.3 is 9.67 Å². The molecule has 0 saturated heterocycles. The molecule has 1 aromatic heterocycles. The normalized spacial score (nSPS) is 13.8. The quantitative estimate of drug-likeness (QED) is 0.520. The highest BCUT2D eigenvalue weighted by molar-refractivity contribution is 6.00. The molecule has 0 atom stereocenters. The number of rotatable bonds is 3. The molecule has 0 amide bonds. The molecule has 0 unspecified atom stereocenters. The van der Waals surface area contributed by atoms with E-state index >= 15 is 0 Å². The second-order valence-corrected chi connectivity index (χ2v) is 3.53. The molecule has 0 aliphatic heterocycles. The lowest BCUT2D eigenvalue weighted by Crippen LogP contribution is -2.43. The van der Waals surface area contributed by atoms with Crippen LogP contribution in [-0.2, 0) is 11.8 Å². The minimum absolute atomic E-state index is 0.0381. The summed E-state index contributed by atoms with van der Waals surface area (Å²) in [6.07, 6.45) is -3.45. The largest absolute Gasteiger partial charge is 0.507 e. The smallest absolute Gasteiger partial charge is 0.461 e. The maximum atomic E-state index is 12.6. The monoisotopic (exact) mass is 269 g/mol. The molecule has 0 saturated carbocycles. The number of alkyl halides is 5. The van der Waals surface area contributed by atoms with Gasteiger partial charge in [-0.05, 0) is 6.07 Å². The summed E-state index contributed by atoms with van der Waals surface area (Å²) in [7, 11) is 1.54. The predicted molar refractivity (Wildman–Crippen MR) is 52.0 cm³/mol. The van der Waals surface area contributed by atoms with Crippen LogP contribution >= 0.6 is 0 Å². The summed E-state index contributed by atoms with van der Waals surface area (Å²) in [6.45, 7) is 0. The topological polar surface area (TPSA) is 42.2 Å². The summed E-state index contributed by atoms with van der Waals surface area (Å²) in [6, 6.07) is 1.25. The van der Waals surface area contributed by atoms with Crippen molar-refractivity contribution in [3.8, 4) is 0 Å². The first-order valence-corrected chi connectivity index (χ1v) is 4.57. The lowest BCUT2D eigenvalue weighted by molar-refractivity contribution is -0.266. The van der Waals surface area contributed by atoms with Crippen molar-refractivity contribution in [1.82, 2.24) is 4.57 Å². The zero-order chi connectivity index (χ0) is 14.1. The molecule has 1 N–H and O–H groups in total. The lowest BCUT2D eigenvalue weighted by Gasteiger charge is -2.16. The number of halogens is 5. The van der Waals surface area contributed by atoms with Crippen LogP contribution in [0.25, 0.3) is 5.76 Å². The Morgan fingerprint density at radius 3 is 2.28 bits per heavy atom. The Morgan fingerprint density at radius 2 is 1.89 bits per heavy atom. The maximum absolute atomic E-state index is 12.6. The van der Waals surface area contributed by atoms with Gasteiger partial charge in [0.2, 0.25) is 5.78 Å². The molecule has 3 nitrogen and oxygen atoms in total. The van der Waals surface area contributed by atoms with E-state index in [-0.39, 0.29) is 11.6 Å². The van der Waals surface area contributed by atoms with E-state index in [0.717, 1.165) is 0 Å². The fourth-order valence-electron chi connectivity index (χ4n) is 1.09. The number of ketones is 1. The van der Waals surface area contributed by atoms with E-state index in [9.17, 15) is 31.9 Å². The number of nitrogens with zero attached hydrogens (tertiary/aromatic N) is 1. The van der Waals surface area contributed by atoms with Gasteiger partial charge in [0.05, 0.1) is 0 Å². The number of aliphatic hydroxyl groups excluding tert-OH is 1. The first-order chi connectivity index (χ1) is 8.05. The third kappa shape index (κ3) is 2.69. The third-order valence-corrected chi connectivity index (χ3v) is 2.06. The molecule has 1 rings (SSSR count). The molecule has 0 aliphatic rings. The molecule has 0 aromatic carbocycles. The Kier molecular flexibility index (Phi) is 3.50. The molecule has 0 aliphatic carbocycles. The van der Waals surface area contributed by atoms with E-state index in [1.165, 1.54) is 23.0 Å². The summed E-state index contributed by atoms with van der Waals surface area (Å²) in [5.41, 5.74) is -0.0381. The summed E-state index contributed by atoms with van der Waals surface area (Å²) >= 11 is 0. The molecule has 0 spiro atoms. The Morgan fingerprint density at radius 1 is 1.33 bits per heavy atom. The van der Waals surface area contributed by atoms with Crippen LogP contribution < -0.4 is 0 Å². The Bertz CT molecular complexity index is 487. The third-order valence-electron chi connectivity index (χ3n) is 2.06. The number of carbonyl (C=O) groups excluding carboxylic acids is 1. The van der Waals surface area contributed by atoms with Crippen molar-refractivity contribution in [3.63, 3.8) is 0 Å². The highest BCUT2D eigenvalue weighted by Gasteiger charge is 2.62. The predicted octanol–water partition coefficient (Wildman–Crippen LogP) is 2.69. The van der Waals surface area contributed by atoms with E-state index in [2.05, 4.69) is 0 Å². The van der Waals surface area contributed by atoms with Crippen LogP contribution in [0.2, 0.25) is 0 Å². The Hall–Kier alpha value is -1.86. The molecule has 1 aromatic rings. The van der Waals surface area contributed by atoms with Gasteiger partial charge in [-0.25, -0.2) is 0 Å². The average molecular weight is 269 g/mol. The van der Waals surface area contributed by atoms with Gasteiger partial charge in [-0.3, -0.25) is 4.79 Å². The second kappa shape index (κ2) is 4.43. The van der Waals surface area contributed by atoms with Crippen molar-refractivity contribution in [2.45, 2.75) is 12.1 Å². The zero-order valence-electron chi connectivity index (χ0n) is 9.00. The minimum Gasteiger partial charge on any atom is -0.507 e. The fraction of sp³-hybridized carbons (Fsp3) is 0.300. The lowest BCUT2D eigenvalue weighted by atomic mass is 10.1. The van der Waals surface area contributed by atoms with Crippen LogP contribution in [0.5, 0.6) is 0 Å². The number of aryl methyl sites for hydroxylation is 1. The van der Waals surface area contributed by atoms with E-state index in [4.69, 9.17) is 0 Å². The first-order valence-electron chi connectivity index (χ1n) is 4.57. The van der Waals surface area contributed by atoms with Gasteiger partial charge >= 0.3 is 12.1 Å². The van der Waals surface area contributed by atoms with Crippen molar-refractivity contribution < 1.29 is 31.9 Å². The Labute approximate surface area is 98.1 Å². The van der Waals surface area contributed by atoms with E-state index < -0.39 is 23.6 Å². The van der Waals surface area contributed by atoms with Gasteiger partial charge in [-0.1, -0.05) is 0 Å². The molecule has 0 bridgehead atoms. The summed E-state index contributed by atoms with van der Waals surface area (Å²) in [5.74, 6) is -8.99. The number of hydrogen-bond donors (Lipinski definition) is 1. The number of allylic oxidation sites excluding steroid dienone is 1. The summed E-state index contributed by atoms with van der Waals surface area (Å²) in [5, 5.41) is 9.26. The zero-order valence-corrected chi connectivity index (χ0v) is 9.00. The molecule has 0 radical (unpaired) electrons. The number of carbonyl (C=O) groups is 1. The maximum Gasteiger partial charge on any atom is 0.461 e. The van der Waals surface area contributed by atoms with Crippen LogP contribution in [-0.4, -0.2) is 27.6 Å². The summed E-state index contributed by atoms with van der Waals surface area (Å²) in [4.78, 5) is 10.8. The molecular weight excluding hydrogens is 261 g/mol. The van der Waals surface area contributed by atoms with E-state index in [0.29, 0.717) is 0 Å². The minimum atomic E-state index is -5.99. The number of hydrogen-bond acceptors (Lipinski definition) is 2. The molecule has 18 heavy (non-hydrogen) atoms. The van der Waals surface area contributed by atoms with Crippen molar-refractivity contribution >= 4 is 11.5 Å². The van der Waals surface area contributed by atoms with Gasteiger partial charge in [-0.15, -0.1) is 0 Å². The van der Waals surface area contributed by atoms with Crippen LogP contribution in [0.1, 0.15) is 5.56 Å². The highest BCUT2D eigenvalue weighted by Crippen LogP contribution is 2.36. The van der Waals surface area contributed by atoms with E-state index in [1.807, 2.05) is 0 Å². The second-order valence-electron chi connectivity index (χ2n) is 3.53. The van der Waals surface area contributed by atoms with Crippen molar-refractivity contribution in [2.24, 2.45) is 7.05 Å². The number of aliphatic hydroxyl groups is 1. The SMILES string of the molecule is Cn1ccc(C(O)=CC(=O)C(F)(F)C(F)(F)F)c1. The van der Waals surface area contributed by atoms with E-state index in [1.54, 1.807) is 7.05 Å².